The van der Waals surface area contributed by atoms with Gasteiger partial charge in [-0.1, -0.05) is 6.07 Å². The molecular weight excluding hydrogens is 398 g/mol. The Bertz CT molecular complexity index is 877. The molecule has 0 aromatic heterocycles. The van der Waals surface area contributed by atoms with Gasteiger partial charge in [0.1, 0.15) is 0 Å². The third-order valence-corrected chi connectivity index (χ3v) is 9.59. The van der Waals surface area contributed by atoms with E-state index in [9.17, 15) is 13.2 Å². The lowest BCUT2D eigenvalue weighted by atomic mass is 9.48. The molecule has 4 bridgehead atoms. The standard InChI is InChI=1S/C23H35N3O3S/c1-15(22(27)25-20-6-5-7-21(11-20)30(28,29)26(3)4)24-16(2)23-12-17-8-18(13-23)10-19(9-17)14-23/h5-7,11,15-19,24H,8-10,12-14H2,1-4H3,(H,25,27)/t15-,16+,17?,18?,19?,23?/m0/s1. The predicted molar refractivity (Wildman–Crippen MR) is 119 cm³/mol. The third kappa shape index (κ3) is 4.04. The normalized spacial score (nSPS) is 32.2. The fraction of sp³-hybridized carbons (Fsp3) is 0.696. The molecule has 166 valence electrons. The smallest absolute Gasteiger partial charge is 0.242 e. The average Bonchev–Trinajstić information content (AvgIpc) is 2.66. The maximum Gasteiger partial charge on any atom is 0.242 e. The summed E-state index contributed by atoms with van der Waals surface area (Å²) in [5.74, 6) is 2.51. The molecule has 5 rings (SSSR count). The summed E-state index contributed by atoms with van der Waals surface area (Å²) in [6.07, 6.45) is 8.13. The van der Waals surface area contributed by atoms with Crippen LogP contribution in [0.4, 0.5) is 5.69 Å². The molecule has 2 N–H and O–H groups in total. The highest BCUT2D eigenvalue weighted by Gasteiger charge is 2.53. The lowest BCUT2D eigenvalue weighted by Gasteiger charge is -2.59. The molecule has 4 fully saturated rings. The van der Waals surface area contributed by atoms with Gasteiger partial charge in [0.05, 0.1) is 10.9 Å². The van der Waals surface area contributed by atoms with E-state index in [2.05, 4.69) is 17.6 Å². The first-order chi connectivity index (χ1) is 14.1. The van der Waals surface area contributed by atoms with Crippen molar-refractivity contribution < 1.29 is 13.2 Å². The number of nitrogens with one attached hydrogen (secondary N) is 2. The minimum absolute atomic E-state index is 0.133. The Kier molecular flexibility index (Phi) is 5.75. The van der Waals surface area contributed by atoms with Gasteiger partial charge in [0.15, 0.2) is 0 Å². The summed E-state index contributed by atoms with van der Waals surface area (Å²) in [7, 11) is -0.537. The van der Waals surface area contributed by atoms with E-state index in [4.69, 9.17) is 0 Å². The molecule has 1 aromatic carbocycles. The number of amides is 1. The van der Waals surface area contributed by atoms with Crippen LogP contribution in [0.5, 0.6) is 0 Å². The van der Waals surface area contributed by atoms with E-state index in [-0.39, 0.29) is 16.8 Å². The molecule has 0 aliphatic heterocycles. The summed E-state index contributed by atoms with van der Waals surface area (Å²) in [6, 6.07) is 6.39. The molecule has 4 aliphatic rings. The van der Waals surface area contributed by atoms with Crippen LogP contribution < -0.4 is 10.6 Å². The van der Waals surface area contributed by atoms with Crippen molar-refractivity contribution in [1.82, 2.24) is 9.62 Å². The van der Waals surface area contributed by atoms with Gasteiger partial charge in [-0.3, -0.25) is 4.79 Å². The number of nitrogens with zero attached hydrogens (tertiary/aromatic N) is 1. The molecule has 0 heterocycles. The second-order valence-electron chi connectivity index (χ2n) is 10.2. The van der Waals surface area contributed by atoms with E-state index in [1.54, 1.807) is 18.2 Å². The molecule has 1 aromatic rings. The first kappa shape index (κ1) is 21.8. The fourth-order valence-electron chi connectivity index (χ4n) is 6.53. The summed E-state index contributed by atoms with van der Waals surface area (Å²) in [5, 5.41) is 6.47. The Morgan fingerprint density at radius 2 is 1.63 bits per heavy atom. The number of benzene rings is 1. The number of anilines is 1. The van der Waals surface area contributed by atoms with Gasteiger partial charge in [-0.05, 0) is 93.7 Å². The lowest BCUT2D eigenvalue weighted by molar-refractivity contribution is -0.119. The molecule has 4 aliphatic carbocycles. The van der Waals surface area contributed by atoms with Gasteiger partial charge in [0.25, 0.3) is 0 Å². The highest BCUT2D eigenvalue weighted by Crippen LogP contribution is 2.61. The summed E-state index contributed by atoms with van der Waals surface area (Å²) >= 11 is 0. The minimum Gasteiger partial charge on any atom is -0.325 e. The van der Waals surface area contributed by atoms with E-state index in [1.165, 1.54) is 63.0 Å². The van der Waals surface area contributed by atoms with Gasteiger partial charge < -0.3 is 10.6 Å². The molecule has 6 nitrogen and oxygen atoms in total. The summed E-state index contributed by atoms with van der Waals surface area (Å²) in [6.45, 7) is 4.15. The van der Waals surface area contributed by atoms with Crippen molar-refractivity contribution in [2.45, 2.75) is 69.4 Å². The molecule has 0 unspecified atom stereocenters. The van der Waals surface area contributed by atoms with Crippen LogP contribution in [-0.2, 0) is 14.8 Å². The van der Waals surface area contributed by atoms with E-state index < -0.39 is 10.0 Å². The van der Waals surface area contributed by atoms with Crippen LogP contribution in [0.1, 0.15) is 52.4 Å². The summed E-state index contributed by atoms with van der Waals surface area (Å²) < 4.78 is 25.9. The molecule has 30 heavy (non-hydrogen) atoms. The molecular formula is C23H35N3O3S. The number of sulfonamides is 1. The Labute approximate surface area is 180 Å². The Hall–Kier alpha value is -1.44. The molecule has 4 saturated carbocycles. The number of carbonyl (C=O) groups is 1. The number of hydrogen-bond acceptors (Lipinski definition) is 4. The zero-order valence-electron chi connectivity index (χ0n) is 18.5. The minimum atomic E-state index is -3.53. The maximum absolute atomic E-state index is 12.8. The Balaban J connectivity index is 1.40. The van der Waals surface area contributed by atoms with Crippen LogP contribution in [0.15, 0.2) is 29.2 Å². The van der Waals surface area contributed by atoms with Gasteiger partial charge in [-0.25, -0.2) is 12.7 Å². The highest BCUT2D eigenvalue weighted by atomic mass is 32.2. The van der Waals surface area contributed by atoms with Crippen molar-refractivity contribution in [2.24, 2.45) is 23.2 Å². The second kappa shape index (κ2) is 7.92. The zero-order chi connectivity index (χ0) is 21.7. The van der Waals surface area contributed by atoms with Crippen molar-refractivity contribution in [3.8, 4) is 0 Å². The Morgan fingerprint density at radius 1 is 1.07 bits per heavy atom. The summed E-state index contributed by atoms with van der Waals surface area (Å²) in [4.78, 5) is 13.0. The number of hydrogen-bond donors (Lipinski definition) is 2. The number of rotatable bonds is 7. The second-order valence-corrected chi connectivity index (χ2v) is 12.3. The van der Waals surface area contributed by atoms with Crippen molar-refractivity contribution in [2.75, 3.05) is 19.4 Å². The SMILES string of the molecule is C[C@H](N[C@H](C)C12CC3CC(CC(C3)C1)C2)C(=O)Nc1cccc(S(=O)(=O)N(C)C)c1. The summed E-state index contributed by atoms with van der Waals surface area (Å²) in [5.41, 5.74) is 0.835. The van der Waals surface area contributed by atoms with E-state index in [1.807, 2.05) is 6.92 Å². The quantitative estimate of drug-likeness (QED) is 0.690. The molecule has 0 spiro atoms. The van der Waals surface area contributed by atoms with Crippen molar-refractivity contribution in [3.05, 3.63) is 24.3 Å². The highest BCUT2D eigenvalue weighted by molar-refractivity contribution is 7.89. The predicted octanol–water partition coefficient (Wildman–Crippen LogP) is 3.46. The van der Waals surface area contributed by atoms with Crippen LogP contribution in [-0.4, -0.2) is 44.8 Å². The first-order valence-electron chi connectivity index (χ1n) is 11.2. The average molecular weight is 434 g/mol. The van der Waals surface area contributed by atoms with E-state index in [0.29, 0.717) is 17.1 Å². The molecule has 2 atom stereocenters. The van der Waals surface area contributed by atoms with Crippen LogP contribution in [0.3, 0.4) is 0 Å². The third-order valence-electron chi connectivity index (χ3n) is 7.78. The van der Waals surface area contributed by atoms with E-state index in [0.717, 1.165) is 17.8 Å². The van der Waals surface area contributed by atoms with Crippen molar-refractivity contribution in [3.63, 3.8) is 0 Å². The van der Waals surface area contributed by atoms with Gasteiger partial charge >= 0.3 is 0 Å². The van der Waals surface area contributed by atoms with Gasteiger partial charge in [-0.2, -0.15) is 0 Å². The van der Waals surface area contributed by atoms with Crippen LogP contribution in [0.25, 0.3) is 0 Å². The molecule has 1 amide bonds. The van der Waals surface area contributed by atoms with Crippen molar-refractivity contribution >= 4 is 21.6 Å². The topological polar surface area (TPSA) is 78.5 Å². The van der Waals surface area contributed by atoms with Gasteiger partial charge in [0, 0.05) is 25.8 Å². The molecule has 0 saturated heterocycles. The van der Waals surface area contributed by atoms with Crippen LogP contribution in [0, 0.1) is 23.2 Å². The maximum atomic E-state index is 12.8. The zero-order valence-corrected chi connectivity index (χ0v) is 19.3. The van der Waals surface area contributed by atoms with E-state index >= 15 is 0 Å². The molecule has 0 radical (unpaired) electrons. The largest absolute Gasteiger partial charge is 0.325 e. The van der Waals surface area contributed by atoms with Crippen LogP contribution in [0.2, 0.25) is 0 Å². The van der Waals surface area contributed by atoms with Crippen molar-refractivity contribution in [1.29, 1.82) is 0 Å². The van der Waals surface area contributed by atoms with Gasteiger partial charge in [-0.15, -0.1) is 0 Å². The lowest BCUT2D eigenvalue weighted by Crippen LogP contribution is -2.57. The fourth-order valence-corrected chi connectivity index (χ4v) is 7.48. The van der Waals surface area contributed by atoms with Crippen LogP contribution >= 0.6 is 0 Å². The molecule has 7 heteroatoms. The first-order valence-corrected chi connectivity index (χ1v) is 12.6. The monoisotopic (exact) mass is 433 g/mol. The Morgan fingerprint density at radius 3 is 2.17 bits per heavy atom. The number of carbonyl (C=O) groups excluding carboxylic acids is 1. The van der Waals surface area contributed by atoms with Gasteiger partial charge in [0.2, 0.25) is 15.9 Å².